The molecule has 0 spiro atoms. The molecule has 0 aliphatic heterocycles. The Morgan fingerprint density at radius 3 is 2.31 bits per heavy atom. The second kappa shape index (κ2) is 4.83. The van der Waals surface area contributed by atoms with Crippen LogP contribution in [0.3, 0.4) is 0 Å². The third kappa shape index (κ3) is 2.71. The van der Waals surface area contributed by atoms with E-state index in [1.807, 2.05) is 14.0 Å². The zero-order valence-electron chi connectivity index (χ0n) is 8.54. The van der Waals surface area contributed by atoms with E-state index in [0.29, 0.717) is 6.04 Å². The van der Waals surface area contributed by atoms with Crippen LogP contribution in [0.2, 0.25) is 0 Å². The molecule has 0 saturated heterocycles. The maximum Gasteiger partial charge on any atom is 0.0503 e. The van der Waals surface area contributed by atoms with Crippen molar-refractivity contribution < 1.29 is 0 Å². The van der Waals surface area contributed by atoms with Crippen LogP contribution >= 0.6 is 0 Å². The highest BCUT2D eigenvalue weighted by atomic mass is 14.9. The molecular weight excluding hydrogens is 158 g/mol. The molecule has 0 fully saturated rings. The molecule has 0 bridgehead atoms. The summed E-state index contributed by atoms with van der Waals surface area (Å²) in [6.45, 7) is 4.15. The molecule has 0 aromatic heterocycles. The Morgan fingerprint density at radius 2 is 1.85 bits per heavy atom. The van der Waals surface area contributed by atoms with Gasteiger partial charge < -0.3 is 5.32 Å². The fraction of sp³-hybridized carbons (Fsp3) is 0.333. The molecule has 1 aromatic rings. The molecule has 0 saturated carbocycles. The summed E-state index contributed by atoms with van der Waals surface area (Å²) in [5.41, 5.74) is 2.62. The Kier molecular flexibility index (Phi) is 3.71. The molecule has 1 atom stereocenters. The van der Waals surface area contributed by atoms with E-state index in [1.165, 1.54) is 11.1 Å². The normalized spacial score (nSPS) is 13.5. The van der Waals surface area contributed by atoms with Crippen molar-refractivity contribution in [2.45, 2.75) is 19.9 Å². The summed E-state index contributed by atoms with van der Waals surface area (Å²) in [7, 11) is 1.98. The Bertz CT molecular complexity index is 272. The number of benzene rings is 1. The third-order valence-electron chi connectivity index (χ3n) is 2.13. The van der Waals surface area contributed by atoms with Crippen LogP contribution in [0, 0.1) is 6.92 Å². The number of rotatable bonds is 3. The van der Waals surface area contributed by atoms with Gasteiger partial charge >= 0.3 is 0 Å². The van der Waals surface area contributed by atoms with Crippen molar-refractivity contribution in [2.75, 3.05) is 7.05 Å². The van der Waals surface area contributed by atoms with Gasteiger partial charge in [0, 0.05) is 0 Å². The predicted octanol–water partition coefficient (Wildman–Crippen LogP) is 2.83. The average Bonchev–Trinajstić information content (AvgIpc) is 2.16. The van der Waals surface area contributed by atoms with Crippen molar-refractivity contribution in [1.29, 1.82) is 0 Å². The maximum atomic E-state index is 3.25. The molecular formula is C12H17N. The number of aryl methyl sites for hydroxylation is 1. The summed E-state index contributed by atoms with van der Waals surface area (Å²) in [6.07, 6.45) is 4.23. The molecule has 0 heterocycles. The Balaban J connectivity index is 2.85. The molecule has 1 rings (SSSR count). The van der Waals surface area contributed by atoms with Gasteiger partial charge in [-0.2, -0.15) is 0 Å². The van der Waals surface area contributed by atoms with Crippen LogP contribution in [-0.4, -0.2) is 7.05 Å². The largest absolute Gasteiger partial charge is 0.310 e. The number of hydrogen-bond donors (Lipinski definition) is 1. The SMILES string of the molecule is C/C=C\C(NC)c1ccc(C)cc1. The van der Waals surface area contributed by atoms with Crippen LogP contribution in [0.15, 0.2) is 36.4 Å². The van der Waals surface area contributed by atoms with E-state index >= 15 is 0 Å². The van der Waals surface area contributed by atoms with Gasteiger partial charge in [-0.1, -0.05) is 42.0 Å². The van der Waals surface area contributed by atoms with Crippen LogP contribution in [0.1, 0.15) is 24.1 Å². The summed E-state index contributed by atoms with van der Waals surface area (Å²) in [6, 6.07) is 8.95. The summed E-state index contributed by atoms with van der Waals surface area (Å²) in [4.78, 5) is 0. The lowest BCUT2D eigenvalue weighted by Gasteiger charge is -2.11. The van der Waals surface area contributed by atoms with Gasteiger partial charge in [-0.15, -0.1) is 0 Å². The lowest BCUT2D eigenvalue weighted by molar-refractivity contribution is 0.714. The van der Waals surface area contributed by atoms with Gasteiger partial charge in [0.15, 0.2) is 0 Å². The second-order valence-corrected chi connectivity index (χ2v) is 3.20. The van der Waals surface area contributed by atoms with Gasteiger partial charge in [0.25, 0.3) is 0 Å². The Hall–Kier alpha value is -1.08. The van der Waals surface area contributed by atoms with E-state index in [4.69, 9.17) is 0 Å². The van der Waals surface area contributed by atoms with Crippen molar-refractivity contribution in [3.63, 3.8) is 0 Å². The van der Waals surface area contributed by atoms with E-state index in [9.17, 15) is 0 Å². The fourth-order valence-corrected chi connectivity index (χ4v) is 1.34. The van der Waals surface area contributed by atoms with Gasteiger partial charge in [-0.3, -0.25) is 0 Å². The maximum absolute atomic E-state index is 3.25. The minimum Gasteiger partial charge on any atom is -0.310 e. The minimum atomic E-state index is 0.339. The molecule has 1 aromatic carbocycles. The summed E-state index contributed by atoms with van der Waals surface area (Å²) >= 11 is 0. The first-order valence-electron chi connectivity index (χ1n) is 4.64. The highest BCUT2D eigenvalue weighted by Crippen LogP contribution is 2.14. The van der Waals surface area contributed by atoms with Crippen LogP contribution in [0.5, 0.6) is 0 Å². The zero-order valence-corrected chi connectivity index (χ0v) is 8.54. The highest BCUT2D eigenvalue weighted by Gasteiger charge is 2.02. The summed E-state index contributed by atoms with van der Waals surface area (Å²) in [5.74, 6) is 0. The van der Waals surface area contributed by atoms with E-state index in [-0.39, 0.29) is 0 Å². The first-order chi connectivity index (χ1) is 6.27. The summed E-state index contributed by atoms with van der Waals surface area (Å²) in [5, 5.41) is 3.25. The van der Waals surface area contributed by atoms with Gasteiger partial charge in [-0.25, -0.2) is 0 Å². The van der Waals surface area contributed by atoms with Crippen LogP contribution in [-0.2, 0) is 0 Å². The van der Waals surface area contributed by atoms with Crippen molar-refractivity contribution in [1.82, 2.24) is 5.32 Å². The average molecular weight is 175 g/mol. The molecule has 0 amide bonds. The highest BCUT2D eigenvalue weighted by molar-refractivity contribution is 5.26. The van der Waals surface area contributed by atoms with Gasteiger partial charge in [-0.05, 0) is 26.5 Å². The number of hydrogen-bond acceptors (Lipinski definition) is 1. The monoisotopic (exact) mass is 175 g/mol. The molecule has 0 aliphatic rings. The molecule has 1 nitrogen and oxygen atoms in total. The smallest absolute Gasteiger partial charge is 0.0503 e. The molecule has 1 heteroatoms. The lowest BCUT2D eigenvalue weighted by Crippen LogP contribution is -2.13. The first-order valence-corrected chi connectivity index (χ1v) is 4.64. The number of nitrogens with one attached hydrogen (secondary N) is 1. The van der Waals surface area contributed by atoms with E-state index in [2.05, 4.69) is 48.7 Å². The molecule has 0 aliphatic carbocycles. The van der Waals surface area contributed by atoms with Crippen LogP contribution in [0.25, 0.3) is 0 Å². The number of allylic oxidation sites excluding steroid dienone is 1. The first kappa shape index (κ1) is 10.0. The molecule has 13 heavy (non-hydrogen) atoms. The molecule has 0 radical (unpaired) electrons. The van der Waals surface area contributed by atoms with E-state index in [0.717, 1.165) is 0 Å². The zero-order chi connectivity index (χ0) is 9.68. The van der Waals surface area contributed by atoms with Gasteiger partial charge in [0.05, 0.1) is 6.04 Å². The molecule has 70 valence electrons. The predicted molar refractivity (Wildman–Crippen MR) is 57.8 cm³/mol. The topological polar surface area (TPSA) is 12.0 Å². The van der Waals surface area contributed by atoms with E-state index in [1.54, 1.807) is 0 Å². The fourth-order valence-electron chi connectivity index (χ4n) is 1.34. The molecule has 1 N–H and O–H groups in total. The Morgan fingerprint density at radius 1 is 1.23 bits per heavy atom. The summed E-state index contributed by atoms with van der Waals surface area (Å²) < 4.78 is 0. The quantitative estimate of drug-likeness (QED) is 0.696. The van der Waals surface area contributed by atoms with Gasteiger partial charge in [0.2, 0.25) is 0 Å². The third-order valence-corrected chi connectivity index (χ3v) is 2.13. The van der Waals surface area contributed by atoms with E-state index < -0.39 is 0 Å². The minimum absolute atomic E-state index is 0.339. The van der Waals surface area contributed by atoms with Crippen molar-refractivity contribution >= 4 is 0 Å². The standard InChI is InChI=1S/C12H17N/c1-4-5-12(13-3)11-8-6-10(2)7-9-11/h4-9,12-13H,1-3H3/b5-4-. The van der Waals surface area contributed by atoms with Crippen molar-refractivity contribution in [3.05, 3.63) is 47.5 Å². The molecule has 1 unspecified atom stereocenters. The van der Waals surface area contributed by atoms with Gasteiger partial charge in [0.1, 0.15) is 0 Å². The second-order valence-electron chi connectivity index (χ2n) is 3.20. The lowest BCUT2D eigenvalue weighted by atomic mass is 10.1. The van der Waals surface area contributed by atoms with Crippen molar-refractivity contribution in [3.8, 4) is 0 Å². The van der Waals surface area contributed by atoms with Crippen LogP contribution in [0.4, 0.5) is 0 Å². The number of likely N-dealkylation sites (N-methyl/N-ethyl adjacent to an activating group) is 1. The Labute approximate surface area is 80.5 Å². The van der Waals surface area contributed by atoms with Crippen LogP contribution < -0.4 is 5.32 Å². The van der Waals surface area contributed by atoms with Crippen molar-refractivity contribution in [2.24, 2.45) is 0 Å².